The average molecular weight is 303 g/mol. The SMILES string of the molecule is CCOC(=O)C(=O)NCC(=O)c1ccccc1C(F)(F)F. The van der Waals surface area contributed by atoms with E-state index in [1.807, 2.05) is 5.32 Å². The molecule has 1 N–H and O–H groups in total. The van der Waals surface area contributed by atoms with Crippen LogP contribution >= 0.6 is 0 Å². The first-order valence-corrected chi connectivity index (χ1v) is 5.91. The summed E-state index contributed by atoms with van der Waals surface area (Å²) in [4.78, 5) is 33.9. The van der Waals surface area contributed by atoms with Gasteiger partial charge in [0, 0.05) is 5.56 Å². The summed E-state index contributed by atoms with van der Waals surface area (Å²) >= 11 is 0. The maximum atomic E-state index is 12.7. The van der Waals surface area contributed by atoms with E-state index in [1.54, 1.807) is 0 Å². The molecule has 0 saturated carbocycles. The number of Topliss-reactive ketones (excluding diaryl/α,β-unsaturated/α-hetero) is 1. The number of carbonyl (C=O) groups excluding carboxylic acids is 3. The lowest BCUT2D eigenvalue weighted by atomic mass is 10.0. The normalized spacial score (nSPS) is 10.9. The Hall–Kier alpha value is -2.38. The summed E-state index contributed by atoms with van der Waals surface area (Å²) in [6, 6.07) is 4.19. The Kier molecular flexibility index (Phi) is 5.45. The third-order valence-corrected chi connectivity index (χ3v) is 2.40. The molecule has 0 aliphatic heterocycles. The monoisotopic (exact) mass is 303 g/mol. The minimum absolute atomic E-state index is 0.0306. The van der Waals surface area contributed by atoms with Crippen molar-refractivity contribution < 1.29 is 32.3 Å². The molecular formula is C13H12F3NO4. The van der Waals surface area contributed by atoms with Gasteiger partial charge < -0.3 is 10.1 Å². The zero-order chi connectivity index (χ0) is 16.0. The molecule has 0 radical (unpaired) electrons. The molecule has 5 nitrogen and oxygen atoms in total. The van der Waals surface area contributed by atoms with Crippen LogP contribution in [0.5, 0.6) is 0 Å². The van der Waals surface area contributed by atoms with E-state index in [1.165, 1.54) is 13.0 Å². The highest BCUT2D eigenvalue weighted by molar-refractivity contribution is 6.32. The van der Waals surface area contributed by atoms with Crippen LogP contribution in [0.2, 0.25) is 0 Å². The number of halogens is 3. The number of alkyl halides is 3. The molecule has 1 aromatic rings. The number of amides is 1. The fourth-order valence-corrected chi connectivity index (χ4v) is 1.50. The third-order valence-electron chi connectivity index (χ3n) is 2.40. The zero-order valence-corrected chi connectivity index (χ0v) is 11.0. The Balaban J connectivity index is 2.78. The lowest BCUT2D eigenvalue weighted by molar-refractivity contribution is -0.154. The molecule has 0 saturated heterocycles. The molecule has 1 amide bonds. The van der Waals surface area contributed by atoms with Crippen molar-refractivity contribution in [3.8, 4) is 0 Å². The van der Waals surface area contributed by atoms with Crippen LogP contribution in [-0.4, -0.2) is 30.8 Å². The number of ether oxygens (including phenoxy) is 1. The van der Waals surface area contributed by atoms with Crippen LogP contribution < -0.4 is 5.32 Å². The van der Waals surface area contributed by atoms with E-state index in [2.05, 4.69) is 4.74 Å². The quantitative estimate of drug-likeness (QED) is 0.520. The highest BCUT2D eigenvalue weighted by Gasteiger charge is 2.34. The highest BCUT2D eigenvalue weighted by Crippen LogP contribution is 2.31. The lowest BCUT2D eigenvalue weighted by Crippen LogP contribution is -2.36. The van der Waals surface area contributed by atoms with Gasteiger partial charge in [0.2, 0.25) is 0 Å². The molecule has 0 bridgehead atoms. The summed E-state index contributed by atoms with van der Waals surface area (Å²) in [7, 11) is 0. The van der Waals surface area contributed by atoms with Crippen molar-refractivity contribution in [1.82, 2.24) is 5.32 Å². The van der Waals surface area contributed by atoms with Crippen molar-refractivity contribution in [3.63, 3.8) is 0 Å². The van der Waals surface area contributed by atoms with Crippen molar-refractivity contribution in [2.75, 3.05) is 13.2 Å². The van der Waals surface area contributed by atoms with Crippen molar-refractivity contribution in [3.05, 3.63) is 35.4 Å². The number of ketones is 1. The van der Waals surface area contributed by atoms with Crippen molar-refractivity contribution in [2.24, 2.45) is 0 Å². The summed E-state index contributed by atoms with van der Waals surface area (Å²) in [6.45, 7) is 0.720. The standard InChI is InChI=1S/C13H12F3NO4/c1-2-21-12(20)11(19)17-7-10(18)8-5-3-4-6-9(8)13(14,15)16/h3-6H,2,7H2,1H3,(H,17,19). The minimum Gasteiger partial charge on any atom is -0.459 e. The molecule has 0 heterocycles. The van der Waals surface area contributed by atoms with Crippen LogP contribution in [0.4, 0.5) is 13.2 Å². The van der Waals surface area contributed by atoms with Crippen molar-refractivity contribution >= 4 is 17.7 Å². The van der Waals surface area contributed by atoms with E-state index in [0.29, 0.717) is 0 Å². The first-order chi connectivity index (χ1) is 9.77. The number of hydrogen-bond donors (Lipinski definition) is 1. The van der Waals surface area contributed by atoms with Gasteiger partial charge in [-0.15, -0.1) is 0 Å². The second-order valence-corrected chi connectivity index (χ2v) is 3.87. The number of nitrogens with one attached hydrogen (secondary N) is 1. The Bertz CT molecular complexity index is 555. The minimum atomic E-state index is -4.68. The zero-order valence-electron chi connectivity index (χ0n) is 11.0. The molecule has 0 fully saturated rings. The Morgan fingerprint density at radius 1 is 1.19 bits per heavy atom. The second-order valence-electron chi connectivity index (χ2n) is 3.87. The van der Waals surface area contributed by atoms with Crippen molar-refractivity contribution in [1.29, 1.82) is 0 Å². The fraction of sp³-hybridized carbons (Fsp3) is 0.308. The lowest BCUT2D eigenvalue weighted by Gasteiger charge is -2.11. The number of esters is 1. The van der Waals surface area contributed by atoms with Gasteiger partial charge in [0.1, 0.15) is 0 Å². The highest BCUT2D eigenvalue weighted by atomic mass is 19.4. The van der Waals surface area contributed by atoms with Crippen LogP contribution in [0, 0.1) is 0 Å². The molecule has 0 atom stereocenters. The third kappa shape index (κ3) is 4.59. The van der Waals surface area contributed by atoms with Gasteiger partial charge in [-0.2, -0.15) is 13.2 Å². The Morgan fingerprint density at radius 2 is 1.81 bits per heavy atom. The molecule has 21 heavy (non-hydrogen) atoms. The molecule has 0 aromatic heterocycles. The number of hydrogen-bond acceptors (Lipinski definition) is 4. The van der Waals surface area contributed by atoms with E-state index in [-0.39, 0.29) is 6.61 Å². The van der Waals surface area contributed by atoms with Gasteiger partial charge in [-0.1, -0.05) is 18.2 Å². The molecule has 0 spiro atoms. The maximum absolute atomic E-state index is 12.7. The van der Waals surface area contributed by atoms with E-state index in [0.717, 1.165) is 18.2 Å². The van der Waals surface area contributed by atoms with Gasteiger partial charge in [-0.05, 0) is 13.0 Å². The predicted octanol–water partition coefficient (Wildman–Crippen LogP) is 1.57. The van der Waals surface area contributed by atoms with Gasteiger partial charge >= 0.3 is 18.1 Å². The average Bonchev–Trinajstić information content (AvgIpc) is 2.43. The van der Waals surface area contributed by atoms with Gasteiger partial charge in [0.05, 0.1) is 18.7 Å². The number of rotatable bonds is 4. The molecule has 8 heteroatoms. The fourth-order valence-electron chi connectivity index (χ4n) is 1.50. The van der Waals surface area contributed by atoms with Crippen LogP contribution in [0.1, 0.15) is 22.8 Å². The number of benzene rings is 1. The van der Waals surface area contributed by atoms with Crippen LogP contribution in [0.15, 0.2) is 24.3 Å². The molecule has 1 aromatic carbocycles. The van der Waals surface area contributed by atoms with E-state index in [9.17, 15) is 27.6 Å². The van der Waals surface area contributed by atoms with Gasteiger partial charge in [0.15, 0.2) is 5.78 Å². The molecule has 114 valence electrons. The summed E-state index contributed by atoms with van der Waals surface area (Å²) in [6.07, 6.45) is -4.68. The molecule has 1 rings (SSSR count). The first-order valence-electron chi connectivity index (χ1n) is 5.91. The predicted molar refractivity (Wildman–Crippen MR) is 65.4 cm³/mol. The maximum Gasteiger partial charge on any atom is 0.417 e. The molecule has 0 unspecified atom stereocenters. The van der Waals surface area contributed by atoms with Crippen LogP contribution in [0.3, 0.4) is 0 Å². The molecular weight excluding hydrogens is 291 g/mol. The summed E-state index contributed by atoms with van der Waals surface area (Å²) in [5, 5.41) is 1.91. The summed E-state index contributed by atoms with van der Waals surface area (Å²) in [5.41, 5.74) is -1.67. The van der Waals surface area contributed by atoms with E-state index >= 15 is 0 Å². The Labute approximate surface area is 118 Å². The van der Waals surface area contributed by atoms with E-state index in [4.69, 9.17) is 0 Å². The second kappa shape index (κ2) is 6.87. The van der Waals surface area contributed by atoms with Crippen LogP contribution in [0.25, 0.3) is 0 Å². The number of carbonyl (C=O) groups is 3. The summed E-state index contributed by atoms with van der Waals surface area (Å²) < 4.78 is 42.5. The molecule has 0 aliphatic carbocycles. The smallest absolute Gasteiger partial charge is 0.417 e. The summed E-state index contributed by atoms with van der Waals surface area (Å²) in [5.74, 6) is -3.34. The van der Waals surface area contributed by atoms with E-state index < -0.39 is 41.5 Å². The topological polar surface area (TPSA) is 72.5 Å². The van der Waals surface area contributed by atoms with Crippen molar-refractivity contribution in [2.45, 2.75) is 13.1 Å². The first kappa shape index (κ1) is 16.7. The van der Waals surface area contributed by atoms with Gasteiger partial charge in [-0.3, -0.25) is 9.59 Å². The van der Waals surface area contributed by atoms with Gasteiger partial charge in [-0.25, -0.2) is 4.79 Å². The largest absolute Gasteiger partial charge is 0.459 e. The molecule has 0 aliphatic rings. The van der Waals surface area contributed by atoms with Crippen LogP contribution in [-0.2, 0) is 20.5 Å². The Morgan fingerprint density at radius 3 is 2.38 bits per heavy atom. The van der Waals surface area contributed by atoms with Gasteiger partial charge in [0.25, 0.3) is 0 Å².